The summed E-state index contributed by atoms with van der Waals surface area (Å²) in [5.74, 6) is 0.0398. The highest BCUT2D eigenvalue weighted by molar-refractivity contribution is 6.31. The van der Waals surface area contributed by atoms with E-state index in [0.29, 0.717) is 28.4 Å². The maximum Gasteiger partial charge on any atom is 0.419 e. The molecule has 0 atom stereocenters. The Kier molecular flexibility index (Phi) is 5.04. The van der Waals surface area contributed by atoms with Crippen LogP contribution in [-0.4, -0.2) is 10.5 Å². The van der Waals surface area contributed by atoms with Gasteiger partial charge in [-0.05, 0) is 36.4 Å². The Labute approximate surface area is 165 Å². The lowest BCUT2D eigenvalue weighted by Gasteiger charge is -2.22. The van der Waals surface area contributed by atoms with E-state index in [1.807, 2.05) is 36.4 Å². The van der Waals surface area contributed by atoms with Crippen LogP contribution in [0.15, 0.2) is 80.6 Å². The highest BCUT2D eigenvalue weighted by Crippen LogP contribution is 2.21. The summed E-state index contributed by atoms with van der Waals surface area (Å²) in [6.07, 6.45) is 1.71. The average molecular weight is 397 g/mol. The van der Waals surface area contributed by atoms with Crippen LogP contribution >= 0.6 is 11.6 Å². The molecule has 0 aliphatic rings. The number of para-hydroxylation sites is 1. The number of nitrogens with zero attached hydrogens (tertiary/aromatic N) is 2. The number of carbonyl (C=O) groups excluding carboxylic acids is 1. The molecule has 28 heavy (non-hydrogen) atoms. The smallest absolute Gasteiger partial charge is 0.419 e. The van der Waals surface area contributed by atoms with Crippen molar-refractivity contribution in [2.24, 2.45) is 0 Å². The van der Waals surface area contributed by atoms with E-state index in [-0.39, 0.29) is 18.9 Å². The predicted molar refractivity (Wildman–Crippen MR) is 106 cm³/mol. The lowest BCUT2D eigenvalue weighted by molar-refractivity contribution is -0.119. The van der Waals surface area contributed by atoms with E-state index in [1.54, 1.807) is 35.4 Å². The summed E-state index contributed by atoms with van der Waals surface area (Å²) < 4.78 is 12.1. The maximum absolute atomic E-state index is 13.0. The average Bonchev–Trinajstić information content (AvgIpc) is 3.31. The molecule has 0 unspecified atom stereocenters. The first-order valence-corrected chi connectivity index (χ1v) is 9.16. The highest BCUT2D eigenvalue weighted by atomic mass is 35.5. The zero-order chi connectivity index (χ0) is 19.5. The molecule has 142 valence electrons. The molecule has 7 heteroatoms. The molecular formula is C21H17ClN2O4. The van der Waals surface area contributed by atoms with Crippen molar-refractivity contribution in [1.82, 2.24) is 4.57 Å². The third-order valence-electron chi connectivity index (χ3n) is 4.44. The first-order chi connectivity index (χ1) is 13.6. The molecule has 2 heterocycles. The molecule has 0 saturated carbocycles. The number of benzene rings is 2. The molecule has 0 aliphatic carbocycles. The predicted octanol–water partition coefficient (Wildman–Crippen LogP) is 4.46. The zero-order valence-electron chi connectivity index (χ0n) is 14.9. The van der Waals surface area contributed by atoms with Crippen molar-refractivity contribution >= 4 is 34.3 Å². The van der Waals surface area contributed by atoms with Crippen molar-refractivity contribution < 1.29 is 13.6 Å². The molecule has 2 aromatic carbocycles. The molecule has 0 saturated heterocycles. The van der Waals surface area contributed by atoms with E-state index in [9.17, 15) is 9.59 Å². The van der Waals surface area contributed by atoms with Gasteiger partial charge in [0.25, 0.3) is 0 Å². The van der Waals surface area contributed by atoms with Crippen LogP contribution in [0.5, 0.6) is 0 Å². The molecule has 0 radical (unpaired) electrons. The van der Waals surface area contributed by atoms with Crippen LogP contribution in [0.4, 0.5) is 5.69 Å². The number of aryl methyl sites for hydroxylation is 1. The normalized spacial score (nSPS) is 11.0. The van der Waals surface area contributed by atoms with Gasteiger partial charge in [0.2, 0.25) is 5.91 Å². The van der Waals surface area contributed by atoms with Gasteiger partial charge in [-0.1, -0.05) is 29.8 Å². The topological polar surface area (TPSA) is 68.6 Å². The van der Waals surface area contributed by atoms with Crippen LogP contribution in [0.3, 0.4) is 0 Å². The first-order valence-electron chi connectivity index (χ1n) is 8.78. The van der Waals surface area contributed by atoms with Gasteiger partial charge in [0.1, 0.15) is 5.76 Å². The Morgan fingerprint density at radius 2 is 1.89 bits per heavy atom. The third-order valence-corrected chi connectivity index (χ3v) is 4.68. The van der Waals surface area contributed by atoms with Crippen LogP contribution in [0.2, 0.25) is 5.02 Å². The summed E-state index contributed by atoms with van der Waals surface area (Å²) in [6.45, 7) is 0.514. The summed E-state index contributed by atoms with van der Waals surface area (Å²) in [5.41, 5.74) is 1.78. The molecule has 0 spiro atoms. The fourth-order valence-electron chi connectivity index (χ4n) is 3.08. The molecule has 4 aromatic rings. The number of carbonyl (C=O) groups is 1. The summed E-state index contributed by atoms with van der Waals surface area (Å²) in [5, 5.41) is 0.484. The Hall–Kier alpha value is -3.25. The summed E-state index contributed by atoms with van der Waals surface area (Å²) in [4.78, 5) is 26.8. The van der Waals surface area contributed by atoms with Crippen molar-refractivity contribution in [3.8, 4) is 0 Å². The van der Waals surface area contributed by atoms with Gasteiger partial charge in [0.15, 0.2) is 5.58 Å². The lowest BCUT2D eigenvalue weighted by Crippen LogP contribution is -2.31. The Bertz CT molecular complexity index is 1150. The zero-order valence-corrected chi connectivity index (χ0v) is 15.6. The second-order valence-corrected chi connectivity index (χ2v) is 6.71. The number of hydrogen-bond acceptors (Lipinski definition) is 4. The van der Waals surface area contributed by atoms with Crippen LogP contribution in [0.1, 0.15) is 12.2 Å². The van der Waals surface area contributed by atoms with Gasteiger partial charge in [-0.2, -0.15) is 0 Å². The van der Waals surface area contributed by atoms with Gasteiger partial charge in [-0.15, -0.1) is 0 Å². The summed E-state index contributed by atoms with van der Waals surface area (Å²) >= 11 is 5.94. The van der Waals surface area contributed by atoms with E-state index in [0.717, 1.165) is 5.69 Å². The highest BCUT2D eigenvalue weighted by Gasteiger charge is 2.19. The van der Waals surface area contributed by atoms with Gasteiger partial charge in [0.05, 0.1) is 18.3 Å². The van der Waals surface area contributed by atoms with Gasteiger partial charge >= 0.3 is 5.76 Å². The van der Waals surface area contributed by atoms with E-state index in [4.69, 9.17) is 20.4 Å². The second kappa shape index (κ2) is 7.78. The summed E-state index contributed by atoms with van der Waals surface area (Å²) in [6, 6.07) is 17.9. The van der Waals surface area contributed by atoms with Crippen molar-refractivity contribution in [2.75, 3.05) is 4.90 Å². The number of hydrogen-bond donors (Lipinski definition) is 0. The molecule has 2 aromatic heterocycles. The number of anilines is 1. The number of halogens is 1. The van der Waals surface area contributed by atoms with Crippen molar-refractivity contribution in [2.45, 2.75) is 19.5 Å². The van der Waals surface area contributed by atoms with Crippen LogP contribution < -0.4 is 10.7 Å². The largest absolute Gasteiger partial charge is 0.467 e. The van der Waals surface area contributed by atoms with E-state index in [2.05, 4.69) is 0 Å². The lowest BCUT2D eigenvalue weighted by atomic mass is 10.2. The van der Waals surface area contributed by atoms with Gasteiger partial charge in [-0.3, -0.25) is 9.36 Å². The minimum Gasteiger partial charge on any atom is -0.467 e. The SMILES string of the molecule is O=C(CCn1c(=O)oc2cc(Cl)ccc21)N(Cc1ccco1)c1ccccc1. The first kappa shape index (κ1) is 18.1. The van der Waals surface area contributed by atoms with Crippen molar-refractivity contribution in [3.05, 3.63) is 88.3 Å². The minimum absolute atomic E-state index is 0.127. The fraction of sp³-hybridized carbons (Fsp3) is 0.143. The molecule has 0 N–H and O–H groups in total. The Morgan fingerprint density at radius 3 is 2.64 bits per heavy atom. The molecule has 0 fully saturated rings. The molecule has 0 bridgehead atoms. The number of fused-ring (bicyclic) bond motifs is 1. The Morgan fingerprint density at radius 1 is 1.07 bits per heavy atom. The molecular weight excluding hydrogens is 380 g/mol. The minimum atomic E-state index is -0.512. The van der Waals surface area contributed by atoms with E-state index in [1.165, 1.54) is 4.57 Å². The number of oxazole rings is 1. The monoisotopic (exact) mass is 396 g/mol. The quantitative estimate of drug-likeness (QED) is 0.482. The fourth-order valence-corrected chi connectivity index (χ4v) is 3.25. The third kappa shape index (κ3) is 3.73. The van der Waals surface area contributed by atoms with Crippen LogP contribution in [-0.2, 0) is 17.9 Å². The molecule has 6 nitrogen and oxygen atoms in total. The van der Waals surface area contributed by atoms with Crippen LogP contribution in [0, 0.1) is 0 Å². The van der Waals surface area contributed by atoms with Crippen molar-refractivity contribution in [1.29, 1.82) is 0 Å². The van der Waals surface area contributed by atoms with Gasteiger partial charge < -0.3 is 13.7 Å². The van der Waals surface area contributed by atoms with Crippen molar-refractivity contribution in [3.63, 3.8) is 0 Å². The van der Waals surface area contributed by atoms with Gasteiger partial charge in [-0.25, -0.2) is 4.79 Å². The van der Waals surface area contributed by atoms with Gasteiger partial charge in [0, 0.05) is 29.7 Å². The number of aromatic nitrogens is 1. The number of rotatable bonds is 6. The maximum atomic E-state index is 13.0. The number of amides is 1. The second-order valence-electron chi connectivity index (χ2n) is 6.28. The molecule has 4 rings (SSSR count). The molecule has 0 aliphatic heterocycles. The standard InChI is InChI=1S/C21H17ClN2O4/c22-15-8-9-18-19(13-15)28-21(26)23(18)11-10-20(25)24(14-17-7-4-12-27-17)16-5-2-1-3-6-16/h1-9,12-13H,10-11,14H2. The summed E-state index contributed by atoms with van der Waals surface area (Å²) in [7, 11) is 0. The number of furan rings is 1. The Balaban J connectivity index is 1.57. The molecule has 1 amide bonds. The van der Waals surface area contributed by atoms with E-state index >= 15 is 0 Å². The van der Waals surface area contributed by atoms with E-state index < -0.39 is 5.76 Å². The van der Waals surface area contributed by atoms with Crippen LogP contribution in [0.25, 0.3) is 11.1 Å².